The van der Waals surface area contributed by atoms with E-state index in [1.54, 1.807) is 48.7 Å². The van der Waals surface area contributed by atoms with Crippen LogP contribution in [-0.2, 0) is 19.7 Å². The Balaban J connectivity index is 1.32. The summed E-state index contributed by atoms with van der Waals surface area (Å²) in [4.78, 5) is 35.3. The highest BCUT2D eigenvalue weighted by Gasteiger charge is 2.26. The molecule has 0 saturated carbocycles. The minimum atomic E-state index is -1.11. The van der Waals surface area contributed by atoms with Gasteiger partial charge in [0, 0.05) is 46.6 Å². The molecule has 10 heteroatoms. The number of nitrogens with zero attached hydrogens (tertiary/aromatic N) is 2. The lowest BCUT2D eigenvalue weighted by molar-refractivity contribution is 0.0697. The van der Waals surface area contributed by atoms with Crippen LogP contribution in [0, 0.1) is 0 Å². The van der Waals surface area contributed by atoms with Crippen molar-refractivity contribution < 1.29 is 24.5 Å². The standard InChI is InChI=1S/C41H30N4O6/c46-22-25-14-13-24-7-4-12-33(38(24)45-25)44-21-31-35(48)18-16-29-36(26-9-1-2-10-27(26)41(49)50)28-15-17-34(47)30(39(28)51-40(29)31)20-43-32-11-3-6-23-8-5-19-42-37(23)32/h1-19,43-44,46-47H,20-22H2,(H,49,50). The van der Waals surface area contributed by atoms with E-state index in [0.717, 1.165) is 22.0 Å². The van der Waals surface area contributed by atoms with Gasteiger partial charge in [0.25, 0.3) is 0 Å². The number of nitrogens with one attached hydrogen (secondary N) is 2. The van der Waals surface area contributed by atoms with Crippen molar-refractivity contribution in [2.24, 2.45) is 0 Å². The predicted octanol–water partition coefficient (Wildman–Crippen LogP) is 7.78. The number of carboxylic acid groups (broad SMARTS) is 1. The van der Waals surface area contributed by atoms with Crippen LogP contribution in [0.15, 0.2) is 125 Å². The molecule has 250 valence electrons. The van der Waals surface area contributed by atoms with E-state index in [9.17, 15) is 24.9 Å². The molecule has 5 N–H and O–H groups in total. The summed E-state index contributed by atoms with van der Waals surface area (Å²) in [7, 11) is 0. The van der Waals surface area contributed by atoms with E-state index in [0.29, 0.717) is 55.7 Å². The number of para-hydroxylation sites is 2. The number of aromatic nitrogens is 2. The van der Waals surface area contributed by atoms with Gasteiger partial charge < -0.3 is 30.4 Å². The van der Waals surface area contributed by atoms with Gasteiger partial charge in [-0.15, -0.1) is 0 Å². The molecule has 0 unspecified atom stereocenters. The Morgan fingerprint density at radius 2 is 1.45 bits per heavy atom. The van der Waals surface area contributed by atoms with Crippen LogP contribution in [0.1, 0.15) is 27.2 Å². The van der Waals surface area contributed by atoms with Crippen LogP contribution in [0.25, 0.3) is 55.2 Å². The summed E-state index contributed by atoms with van der Waals surface area (Å²) in [6.45, 7) is -0.0390. The van der Waals surface area contributed by atoms with Gasteiger partial charge in [-0.3, -0.25) is 9.78 Å². The number of aromatic carboxylic acids is 1. The summed E-state index contributed by atoms with van der Waals surface area (Å²) in [6, 6.07) is 31.9. The lowest BCUT2D eigenvalue weighted by Crippen LogP contribution is -2.15. The van der Waals surface area contributed by atoms with Crippen molar-refractivity contribution in [3.8, 4) is 28.2 Å². The molecule has 51 heavy (non-hydrogen) atoms. The molecular formula is C41H30N4O6. The van der Waals surface area contributed by atoms with E-state index in [2.05, 4.69) is 20.6 Å². The average molecular weight is 675 g/mol. The Kier molecular flexibility index (Phi) is 7.98. The monoisotopic (exact) mass is 674 g/mol. The lowest BCUT2D eigenvalue weighted by Gasteiger charge is -2.21. The zero-order valence-electron chi connectivity index (χ0n) is 27.1. The van der Waals surface area contributed by atoms with Gasteiger partial charge >= 0.3 is 5.97 Å². The molecule has 2 aliphatic rings. The van der Waals surface area contributed by atoms with Crippen molar-refractivity contribution in [2.45, 2.75) is 19.7 Å². The first kappa shape index (κ1) is 31.5. The van der Waals surface area contributed by atoms with Gasteiger partial charge in [-0.25, -0.2) is 9.78 Å². The normalized spacial score (nSPS) is 11.4. The van der Waals surface area contributed by atoms with E-state index in [-0.39, 0.29) is 42.2 Å². The Bertz CT molecular complexity index is 2660. The maximum Gasteiger partial charge on any atom is 0.336 e. The lowest BCUT2D eigenvalue weighted by atomic mass is 9.88. The molecule has 8 rings (SSSR count). The van der Waals surface area contributed by atoms with Gasteiger partial charge in [0.1, 0.15) is 17.1 Å². The summed E-state index contributed by atoms with van der Waals surface area (Å²) >= 11 is 0. The minimum Gasteiger partial charge on any atom is -0.507 e. The first-order valence-electron chi connectivity index (χ1n) is 16.3. The summed E-state index contributed by atoms with van der Waals surface area (Å²) in [5.41, 5.74) is 5.64. The summed E-state index contributed by atoms with van der Waals surface area (Å²) < 4.78 is 6.67. The van der Waals surface area contributed by atoms with Gasteiger partial charge in [-0.2, -0.15) is 0 Å². The van der Waals surface area contributed by atoms with Crippen LogP contribution in [-0.4, -0.2) is 31.3 Å². The molecule has 1 aliphatic carbocycles. The van der Waals surface area contributed by atoms with E-state index < -0.39 is 5.97 Å². The molecule has 0 fully saturated rings. The first-order valence-corrected chi connectivity index (χ1v) is 16.3. The minimum absolute atomic E-state index is 0.0387. The highest BCUT2D eigenvalue weighted by atomic mass is 16.4. The van der Waals surface area contributed by atoms with Crippen LogP contribution < -0.4 is 16.1 Å². The van der Waals surface area contributed by atoms with E-state index in [1.807, 2.05) is 54.6 Å². The molecule has 0 amide bonds. The second-order valence-corrected chi connectivity index (χ2v) is 12.1. The number of aliphatic hydroxyl groups excluding tert-OH is 1. The molecule has 1 aliphatic heterocycles. The van der Waals surface area contributed by atoms with Gasteiger partial charge in [0.05, 0.1) is 51.4 Å². The Hall–Kier alpha value is -6.78. The van der Waals surface area contributed by atoms with Gasteiger partial charge in [0.2, 0.25) is 0 Å². The molecule has 0 atom stereocenters. The highest BCUT2D eigenvalue weighted by molar-refractivity contribution is 6.08. The predicted molar refractivity (Wildman–Crippen MR) is 197 cm³/mol. The van der Waals surface area contributed by atoms with E-state index >= 15 is 0 Å². The average Bonchev–Trinajstić information content (AvgIpc) is 3.16. The molecule has 0 spiro atoms. The molecule has 0 bridgehead atoms. The van der Waals surface area contributed by atoms with Gasteiger partial charge in [0.15, 0.2) is 5.43 Å². The summed E-state index contributed by atoms with van der Waals surface area (Å²) in [5, 5.41) is 40.3. The Morgan fingerprint density at radius 1 is 0.725 bits per heavy atom. The quantitative estimate of drug-likeness (QED) is 0.0958. The van der Waals surface area contributed by atoms with E-state index in [1.165, 1.54) is 12.1 Å². The second kappa shape index (κ2) is 12.9. The van der Waals surface area contributed by atoms with Crippen molar-refractivity contribution >= 4 is 50.1 Å². The van der Waals surface area contributed by atoms with E-state index in [4.69, 9.17) is 4.42 Å². The summed E-state index contributed by atoms with van der Waals surface area (Å²) in [5.74, 6) is -0.895. The fourth-order valence-electron chi connectivity index (χ4n) is 6.65. The van der Waals surface area contributed by atoms with Crippen LogP contribution in [0.5, 0.6) is 5.75 Å². The topological polar surface area (TPSA) is 158 Å². The third-order valence-corrected chi connectivity index (χ3v) is 9.11. The number of anilines is 2. The number of fused-ring (bicyclic) bond motifs is 4. The third-order valence-electron chi connectivity index (χ3n) is 9.11. The van der Waals surface area contributed by atoms with Crippen molar-refractivity contribution in [3.63, 3.8) is 0 Å². The number of hydrogen-bond acceptors (Lipinski definition) is 9. The van der Waals surface area contributed by atoms with Crippen LogP contribution in [0.2, 0.25) is 0 Å². The van der Waals surface area contributed by atoms with Crippen molar-refractivity contribution in [3.05, 3.63) is 148 Å². The number of benzene rings is 5. The third kappa shape index (κ3) is 5.63. The maximum absolute atomic E-state index is 13.7. The molecule has 6 aromatic rings. The molecule has 10 nitrogen and oxygen atoms in total. The molecular weight excluding hydrogens is 644 g/mol. The number of carbonyl (C=O) groups is 1. The molecule has 3 heterocycles. The molecule has 2 aromatic heterocycles. The van der Waals surface area contributed by atoms with Crippen LogP contribution in [0.4, 0.5) is 11.4 Å². The molecule has 4 aromatic carbocycles. The molecule has 0 saturated heterocycles. The number of rotatable bonds is 9. The Labute approximate surface area is 290 Å². The zero-order valence-corrected chi connectivity index (χ0v) is 27.1. The fraction of sp³-hybridized carbons (Fsp3) is 0.0732. The van der Waals surface area contributed by atoms with Crippen molar-refractivity contribution in [2.75, 3.05) is 10.6 Å². The fourth-order valence-corrected chi connectivity index (χ4v) is 6.65. The Morgan fingerprint density at radius 3 is 2.24 bits per heavy atom. The number of phenolic OH excluding ortho intramolecular Hbond substituents is 1. The first-order chi connectivity index (χ1) is 24.9. The summed E-state index contributed by atoms with van der Waals surface area (Å²) in [6.07, 6.45) is 1.71. The number of aromatic hydroxyl groups is 1. The van der Waals surface area contributed by atoms with Gasteiger partial charge in [-0.05, 0) is 60.2 Å². The number of hydrogen-bond donors (Lipinski definition) is 5. The van der Waals surface area contributed by atoms with Crippen LogP contribution in [0.3, 0.4) is 0 Å². The largest absolute Gasteiger partial charge is 0.507 e. The second-order valence-electron chi connectivity index (χ2n) is 12.1. The highest BCUT2D eigenvalue weighted by Crippen LogP contribution is 2.45. The van der Waals surface area contributed by atoms with Crippen LogP contribution >= 0.6 is 0 Å². The number of phenols is 1. The smallest absolute Gasteiger partial charge is 0.336 e. The SMILES string of the molecule is O=C(O)c1ccccc1-c1c2ccc(=O)c(CNc3cccc4ccc(CO)nc34)c-2oc2c(CNc3cccc4cccnc34)c(O)ccc12. The number of carboxylic acids is 1. The van der Waals surface area contributed by atoms with Gasteiger partial charge in [-0.1, -0.05) is 54.6 Å². The number of pyridine rings is 2. The maximum atomic E-state index is 13.7. The molecule has 0 radical (unpaired) electrons. The number of aliphatic hydroxyl groups is 1. The zero-order chi connectivity index (χ0) is 35.1. The van der Waals surface area contributed by atoms with Crippen molar-refractivity contribution in [1.82, 2.24) is 9.97 Å². The van der Waals surface area contributed by atoms with Crippen molar-refractivity contribution in [1.29, 1.82) is 0 Å².